The molecule has 0 radical (unpaired) electrons. The number of hydrogen-bond donors (Lipinski definition) is 0. The van der Waals surface area contributed by atoms with E-state index < -0.39 is 0 Å². The second-order valence-electron chi connectivity index (χ2n) is 12.9. The third-order valence-corrected chi connectivity index (χ3v) is 10.6. The number of hydrogen-bond acceptors (Lipinski definition) is 0. The van der Waals surface area contributed by atoms with Crippen molar-refractivity contribution in [3.8, 4) is 22.3 Å². The van der Waals surface area contributed by atoms with Crippen LogP contribution in [0.4, 0.5) is 0 Å². The minimum absolute atomic E-state index is 0.0793. The predicted molar refractivity (Wildman–Crippen MR) is 172 cm³/mol. The fourth-order valence-electron chi connectivity index (χ4n) is 8.65. The standard InChI is InChI=1S/C41H36/c1-40(30-15-5-6-16-30,38-23-11-21-34-32-19-9-3-13-28(32)25-36(34)38)27-41(2,31-17-7-8-18-31)39-24-12-22-35-33-20-10-4-14-29(33)26-37(35)39/h3-24,30-31H,25-27H2,1-2H3. The first-order valence-electron chi connectivity index (χ1n) is 15.2. The zero-order valence-corrected chi connectivity index (χ0v) is 24.0. The first-order valence-corrected chi connectivity index (χ1v) is 15.2. The van der Waals surface area contributed by atoms with Gasteiger partial charge in [-0.1, -0.05) is 147 Å². The molecular weight excluding hydrogens is 492 g/mol. The van der Waals surface area contributed by atoms with Gasteiger partial charge in [0.15, 0.2) is 0 Å². The number of rotatable bonds is 6. The number of allylic oxidation sites excluding steroid dienone is 8. The van der Waals surface area contributed by atoms with Crippen LogP contribution in [-0.4, -0.2) is 0 Å². The minimum Gasteiger partial charge on any atom is -0.0767 e. The van der Waals surface area contributed by atoms with Crippen LogP contribution in [0.2, 0.25) is 0 Å². The average molecular weight is 529 g/mol. The summed E-state index contributed by atoms with van der Waals surface area (Å²) in [6.07, 6.45) is 21.9. The molecule has 0 amide bonds. The van der Waals surface area contributed by atoms with Gasteiger partial charge in [0.1, 0.15) is 0 Å². The molecule has 0 N–H and O–H groups in total. The van der Waals surface area contributed by atoms with Crippen LogP contribution in [0.1, 0.15) is 53.6 Å². The summed E-state index contributed by atoms with van der Waals surface area (Å²) in [5, 5.41) is 0. The van der Waals surface area contributed by atoms with Crippen molar-refractivity contribution >= 4 is 0 Å². The van der Waals surface area contributed by atoms with Crippen LogP contribution < -0.4 is 0 Å². The molecule has 0 aromatic heterocycles. The molecule has 0 spiro atoms. The van der Waals surface area contributed by atoms with Gasteiger partial charge in [-0.2, -0.15) is 0 Å². The van der Waals surface area contributed by atoms with Gasteiger partial charge in [0.05, 0.1) is 0 Å². The maximum absolute atomic E-state index is 2.55. The van der Waals surface area contributed by atoms with E-state index in [9.17, 15) is 0 Å². The van der Waals surface area contributed by atoms with Crippen molar-refractivity contribution < 1.29 is 0 Å². The molecule has 0 heterocycles. The van der Waals surface area contributed by atoms with E-state index in [1.54, 1.807) is 0 Å². The van der Waals surface area contributed by atoms with Gasteiger partial charge in [-0.3, -0.25) is 0 Å². The van der Waals surface area contributed by atoms with Crippen molar-refractivity contribution in [1.29, 1.82) is 0 Å². The summed E-state index contributed by atoms with van der Waals surface area (Å²) >= 11 is 0. The maximum Gasteiger partial charge on any atom is 0.00476 e. The van der Waals surface area contributed by atoms with Crippen molar-refractivity contribution in [3.63, 3.8) is 0 Å². The SMILES string of the molecule is CC(CC(C)(c1cccc2c1Cc1ccccc1-2)C1C=CC=C1)(c1cccc2c1Cc1ccccc1-2)C1C=CC=C1. The second-order valence-corrected chi connectivity index (χ2v) is 12.9. The van der Waals surface area contributed by atoms with E-state index in [-0.39, 0.29) is 10.8 Å². The van der Waals surface area contributed by atoms with Crippen LogP contribution in [-0.2, 0) is 23.7 Å². The smallest absolute Gasteiger partial charge is 0.00476 e. The van der Waals surface area contributed by atoms with E-state index >= 15 is 0 Å². The summed E-state index contributed by atoms with van der Waals surface area (Å²) in [5.74, 6) is 0.695. The van der Waals surface area contributed by atoms with E-state index in [2.05, 4.69) is 147 Å². The number of fused-ring (bicyclic) bond motifs is 6. The van der Waals surface area contributed by atoms with Gasteiger partial charge in [0.2, 0.25) is 0 Å². The van der Waals surface area contributed by atoms with Crippen LogP contribution in [0.5, 0.6) is 0 Å². The molecule has 200 valence electrons. The summed E-state index contributed by atoms with van der Waals surface area (Å²) < 4.78 is 0. The zero-order chi connectivity index (χ0) is 27.6. The zero-order valence-electron chi connectivity index (χ0n) is 24.0. The minimum atomic E-state index is -0.0793. The van der Waals surface area contributed by atoms with Gasteiger partial charge < -0.3 is 0 Å². The molecule has 2 unspecified atom stereocenters. The monoisotopic (exact) mass is 528 g/mol. The molecule has 0 saturated carbocycles. The lowest BCUT2D eigenvalue weighted by Crippen LogP contribution is -2.42. The molecule has 8 rings (SSSR count). The molecule has 0 bridgehead atoms. The highest BCUT2D eigenvalue weighted by molar-refractivity contribution is 5.80. The first-order chi connectivity index (χ1) is 20.1. The molecule has 4 aliphatic rings. The highest BCUT2D eigenvalue weighted by atomic mass is 14.5. The fraction of sp³-hybridized carbons (Fsp3) is 0.220. The third-order valence-electron chi connectivity index (χ3n) is 10.6. The molecule has 0 saturated heterocycles. The Labute approximate surface area is 244 Å². The average Bonchev–Trinajstić information content (AvgIpc) is 3.82. The Morgan fingerprint density at radius 3 is 1.32 bits per heavy atom. The molecule has 0 nitrogen and oxygen atoms in total. The Bertz CT molecular complexity index is 1650. The van der Waals surface area contributed by atoms with Gasteiger partial charge in [-0.05, 0) is 74.9 Å². The van der Waals surface area contributed by atoms with Gasteiger partial charge in [0.25, 0.3) is 0 Å². The molecule has 0 fully saturated rings. The summed E-state index contributed by atoms with van der Waals surface area (Å²) in [6, 6.07) is 32.2. The van der Waals surface area contributed by atoms with E-state index in [0.717, 1.165) is 19.3 Å². The number of benzene rings is 4. The van der Waals surface area contributed by atoms with E-state index in [4.69, 9.17) is 0 Å². The van der Waals surface area contributed by atoms with E-state index in [1.807, 2.05) is 0 Å². The Morgan fingerprint density at radius 2 is 0.878 bits per heavy atom. The van der Waals surface area contributed by atoms with E-state index in [1.165, 1.54) is 55.6 Å². The molecule has 4 aromatic rings. The molecule has 4 aromatic carbocycles. The third kappa shape index (κ3) is 3.66. The summed E-state index contributed by atoms with van der Waals surface area (Å²) in [6.45, 7) is 5.10. The Morgan fingerprint density at radius 1 is 0.488 bits per heavy atom. The fourth-order valence-corrected chi connectivity index (χ4v) is 8.65. The van der Waals surface area contributed by atoms with Crippen LogP contribution in [0, 0.1) is 11.8 Å². The molecule has 0 heteroatoms. The van der Waals surface area contributed by atoms with Crippen molar-refractivity contribution in [1.82, 2.24) is 0 Å². The van der Waals surface area contributed by atoms with Crippen LogP contribution in [0.15, 0.2) is 134 Å². The van der Waals surface area contributed by atoms with Crippen molar-refractivity contribution in [2.45, 2.75) is 43.9 Å². The van der Waals surface area contributed by atoms with Crippen LogP contribution >= 0.6 is 0 Å². The molecular formula is C41H36. The Balaban J connectivity index is 1.31. The predicted octanol–water partition coefficient (Wildman–Crippen LogP) is 9.92. The van der Waals surface area contributed by atoms with Gasteiger partial charge in [-0.15, -0.1) is 0 Å². The lowest BCUT2D eigenvalue weighted by molar-refractivity contribution is 0.245. The van der Waals surface area contributed by atoms with Crippen molar-refractivity contribution in [2.24, 2.45) is 11.8 Å². The van der Waals surface area contributed by atoms with Gasteiger partial charge in [-0.25, -0.2) is 0 Å². The maximum atomic E-state index is 2.55. The van der Waals surface area contributed by atoms with Crippen LogP contribution in [0.25, 0.3) is 22.3 Å². The van der Waals surface area contributed by atoms with Crippen molar-refractivity contribution in [3.05, 3.63) is 167 Å². The second kappa shape index (κ2) is 9.18. The summed E-state index contributed by atoms with van der Waals surface area (Å²) in [7, 11) is 0. The van der Waals surface area contributed by atoms with Gasteiger partial charge >= 0.3 is 0 Å². The topological polar surface area (TPSA) is 0 Å². The Kier molecular flexibility index (Phi) is 5.51. The van der Waals surface area contributed by atoms with Gasteiger partial charge in [0, 0.05) is 22.7 Å². The molecule has 4 aliphatic carbocycles. The molecule has 0 aliphatic heterocycles. The Hall–Kier alpha value is -4.16. The van der Waals surface area contributed by atoms with E-state index in [0.29, 0.717) is 11.8 Å². The summed E-state index contributed by atoms with van der Waals surface area (Å²) in [5.41, 5.74) is 14.5. The highest BCUT2D eigenvalue weighted by Crippen LogP contribution is 2.54. The lowest BCUT2D eigenvalue weighted by atomic mass is 9.57. The summed E-state index contributed by atoms with van der Waals surface area (Å²) in [4.78, 5) is 0. The van der Waals surface area contributed by atoms with Crippen LogP contribution in [0.3, 0.4) is 0 Å². The van der Waals surface area contributed by atoms with Crippen molar-refractivity contribution in [2.75, 3.05) is 0 Å². The molecule has 2 atom stereocenters. The first kappa shape index (κ1) is 24.6. The molecule has 41 heavy (non-hydrogen) atoms. The normalized spacial score (nSPS) is 19.2. The quantitative estimate of drug-likeness (QED) is 0.202. The largest absolute Gasteiger partial charge is 0.0767 e. The lowest BCUT2D eigenvalue weighted by Gasteiger charge is -2.46. The highest BCUT2D eigenvalue weighted by Gasteiger charge is 2.47.